The highest BCUT2D eigenvalue weighted by molar-refractivity contribution is 7.89. The van der Waals surface area contributed by atoms with Crippen molar-refractivity contribution in [2.75, 3.05) is 39.1 Å². The van der Waals surface area contributed by atoms with E-state index in [0.29, 0.717) is 18.7 Å². The first kappa shape index (κ1) is 28.8. The van der Waals surface area contributed by atoms with E-state index in [9.17, 15) is 26.4 Å². The Hall–Kier alpha value is -2.80. The van der Waals surface area contributed by atoms with Crippen LogP contribution in [0.1, 0.15) is 36.2 Å². The fraction of sp³-hybridized carbons (Fsp3) is 0.440. The quantitative estimate of drug-likeness (QED) is 0.499. The fourth-order valence-electron chi connectivity index (χ4n) is 4.24. The standard InChI is InChI=1S/C25H33N3O7S2/c1-17-11-18(2)15-28(14-17)37(33,34)21-8-6-7-20(12-21)25(30)35-16-24(29)26-23-13-22(10-9-19(23)3)36(31,32)27(4)5/h6-10,12-13,17-18H,11,14-16H2,1-5H3,(H,26,29)/t17-,18-/m1/s1. The first-order valence-electron chi connectivity index (χ1n) is 11.8. The van der Waals surface area contributed by atoms with Crippen LogP contribution in [-0.2, 0) is 29.6 Å². The molecular weight excluding hydrogens is 518 g/mol. The third kappa shape index (κ3) is 6.75. The van der Waals surface area contributed by atoms with Crippen LogP contribution in [0.2, 0.25) is 0 Å². The normalized spacial score (nSPS) is 19.0. The van der Waals surface area contributed by atoms with Gasteiger partial charge in [0.25, 0.3) is 5.91 Å². The van der Waals surface area contributed by atoms with Gasteiger partial charge in [-0.3, -0.25) is 4.79 Å². The van der Waals surface area contributed by atoms with E-state index in [1.807, 2.05) is 13.8 Å². The molecule has 3 rings (SSSR count). The number of benzene rings is 2. The lowest BCUT2D eigenvalue weighted by Gasteiger charge is -2.34. The summed E-state index contributed by atoms with van der Waals surface area (Å²) >= 11 is 0. The molecule has 10 nitrogen and oxygen atoms in total. The summed E-state index contributed by atoms with van der Waals surface area (Å²) < 4.78 is 58.7. The smallest absolute Gasteiger partial charge is 0.338 e. The molecule has 0 aromatic heterocycles. The highest BCUT2D eigenvalue weighted by atomic mass is 32.2. The Labute approximate surface area is 218 Å². The Balaban J connectivity index is 1.68. The molecule has 2 atom stereocenters. The van der Waals surface area contributed by atoms with Crippen LogP contribution in [0.3, 0.4) is 0 Å². The lowest BCUT2D eigenvalue weighted by molar-refractivity contribution is -0.119. The predicted molar refractivity (Wildman–Crippen MR) is 139 cm³/mol. The molecule has 0 aliphatic carbocycles. The topological polar surface area (TPSA) is 130 Å². The number of anilines is 1. The van der Waals surface area contributed by atoms with E-state index in [-0.39, 0.29) is 32.9 Å². The number of carbonyl (C=O) groups excluding carboxylic acids is 2. The number of rotatable bonds is 8. The van der Waals surface area contributed by atoms with Crippen LogP contribution in [0.5, 0.6) is 0 Å². The number of hydrogen-bond acceptors (Lipinski definition) is 7. The molecule has 1 saturated heterocycles. The maximum Gasteiger partial charge on any atom is 0.338 e. The maximum atomic E-state index is 13.2. The van der Waals surface area contributed by atoms with Gasteiger partial charge >= 0.3 is 5.97 Å². The molecule has 0 bridgehead atoms. The predicted octanol–water partition coefficient (Wildman–Crippen LogP) is 2.71. The third-order valence-electron chi connectivity index (χ3n) is 6.14. The average Bonchev–Trinajstić information content (AvgIpc) is 2.83. The lowest BCUT2D eigenvalue weighted by Crippen LogP contribution is -2.42. The number of hydrogen-bond donors (Lipinski definition) is 1. The summed E-state index contributed by atoms with van der Waals surface area (Å²) in [6, 6.07) is 9.89. The number of piperidine rings is 1. The molecule has 1 heterocycles. The van der Waals surface area contributed by atoms with E-state index in [1.165, 1.54) is 54.8 Å². The average molecular weight is 552 g/mol. The number of nitrogens with zero attached hydrogens (tertiary/aromatic N) is 2. The van der Waals surface area contributed by atoms with Crippen LogP contribution in [0, 0.1) is 18.8 Å². The Kier molecular flexibility index (Phi) is 8.78. The Morgan fingerprint density at radius 1 is 1.00 bits per heavy atom. The summed E-state index contributed by atoms with van der Waals surface area (Å²) in [5.41, 5.74) is 0.890. The minimum atomic E-state index is -3.79. The second-order valence-corrected chi connectivity index (χ2v) is 13.8. The number of sulfonamides is 2. The largest absolute Gasteiger partial charge is 0.452 e. The van der Waals surface area contributed by atoms with Crippen molar-refractivity contribution in [2.24, 2.45) is 11.8 Å². The fourth-order valence-corrected chi connectivity index (χ4v) is 6.90. The second kappa shape index (κ2) is 11.3. The Morgan fingerprint density at radius 2 is 1.65 bits per heavy atom. The van der Waals surface area contributed by atoms with Crippen molar-refractivity contribution in [1.29, 1.82) is 0 Å². The molecule has 0 unspecified atom stereocenters. The van der Waals surface area contributed by atoms with Crippen molar-refractivity contribution in [3.05, 3.63) is 53.6 Å². The van der Waals surface area contributed by atoms with Crippen LogP contribution < -0.4 is 5.32 Å². The summed E-state index contributed by atoms with van der Waals surface area (Å²) in [6.07, 6.45) is 0.954. The zero-order chi connectivity index (χ0) is 27.5. The number of ether oxygens (including phenoxy) is 1. The summed E-state index contributed by atoms with van der Waals surface area (Å²) in [5.74, 6) is -1.06. The summed E-state index contributed by atoms with van der Waals surface area (Å²) in [7, 11) is -4.68. The van der Waals surface area contributed by atoms with Crippen LogP contribution in [0.4, 0.5) is 5.69 Å². The molecule has 1 amide bonds. The van der Waals surface area contributed by atoms with E-state index < -0.39 is 38.5 Å². The number of amides is 1. The molecule has 12 heteroatoms. The van der Waals surface area contributed by atoms with Crippen molar-refractivity contribution >= 4 is 37.6 Å². The van der Waals surface area contributed by atoms with Crippen LogP contribution >= 0.6 is 0 Å². The second-order valence-electron chi connectivity index (χ2n) is 9.68. The number of aryl methyl sites for hydroxylation is 1. The van der Waals surface area contributed by atoms with Crippen molar-refractivity contribution in [1.82, 2.24) is 8.61 Å². The van der Waals surface area contributed by atoms with Crippen molar-refractivity contribution in [3.63, 3.8) is 0 Å². The van der Waals surface area contributed by atoms with Crippen molar-refractivity contribution in [3.8, 4) is 0 Å². The highest BCUT2D eigenvalue weighted by Gasteiger charge is 2.32. The van der Waals surface area contributed by atoms with Gasteiger partial charge in [-0.05, 0) is 61.1 Å². The SMILES string of the molecule is Cc1ccc(S(=O)(=O)N(C)C)cc1NC(=O)COC(=O)c1cccc(S(=O)(=O)N2C[C@H](C)C[C@@H](C)C2)c1. The molecule has 2 aromatic carbocycles. The van der Waals surface area contributed by atoms with E-state index in [0.717, 1.165) is 10.7 Å². The van der Waals surface area contributed by atoms with Gasteiger partial charge in [0.15, 0.2) is 6.61 Å². The molecule has 0 saturated carbocycles. The van der Waals surface area contributed by atoms with E-state index in [2.05, 4.69) is 5.32 Å². The van der Waals surface area contributed by atoms with Gasteiger partial charge in [0.2, 0.25) is 20.0 Å². The molecule has 1 N–H and O–H groups in total. The van der Waals surface area contributed by atoms with Gasteiger partial charge in [0, 0.05) is 32.9 Å². The van der Waals surface area contributed by atoms with E-state index in [4.69, 9.17) is 4.74 Å². The molecule has 1 aliphatic heterocycles. The third-order valence-corrected chi connectivity index (χ3v) is 9.78. The van der Waals surface area contributed by atoms with Gasteiger partial charge in [-0.2, -0.15) is 4.31 Å². The van der Waals surface area contributed by atoms with Gasteiger partial charge < -0.3 is 10.1 Å². The minimum Gasteiger partial charge on any atom is -0.452 e. The molecular formula is C25H33N3O7S2. The summed E-state index contributed by atoms with van der Waals surface area (Å²) in [5, 5.41) is 2.55. The zero-order valence-corrected chi connectivity index (χ0v) is 23.2. The number of carbonyl (C=O) groups is 2. The van der Waals surface area contributed by atoms with Crippen molar-refractivity contribution < 1.29 is 31.2 Å². The van der Waals surface area contributed by atoms with Gasteiger partial charge in [0.1, 0.15) is 0 Å². The molecule has 202 valence electrons. The highest BCUT2D eigenvalue weighted by Crippen LogP contribution is 2.27. The first-order valence-corrected chi connectivity index (χ1v) is 14.7. The van der Waals surface area contributed by atoms with Gasteiger partial charge in [0.05, 0.1) is 15.4 Å². The molecule has 37 heavy (non-hydrogen) atoms. The first-order chi connectivity index (χ1) is 17.2. The number of nitrogens with one attached hydrogen (secondary N) is 1. The monoisotopic (exact) mass is 551 g/mol. The molecule has 1 fully saturated rings. The van der Waals surface area contributed by atoms with Gasteiger partial charge in [-0.1, -0.05) is 26.0 Å². The summed E-state index contributed by atoms with van der Waals surface area (Å²) in [6.45, 7) is 5.91. The molecule has 2 aromatic rings. The molecule has 0 radical (unpaired) electrons. The minimum absolute atomic E-state index is 0.00207. The van der Waals surface area contributed by atoms with Crippen molar-refractivity contribution in [2.45, 2.75) is 37.0 Å². The molecule has 0 spiro atoms. The zero-order valence-electron chi connectivity index (χ0n) is 21.6. The van der Waals surface area contributed by atoms with Crippen LogP contribution in [0.15, 0.2) is 52.3 Å². The Bertz CT molecular complexity index is 1380. The summed E-state index contributed by atoms with van der Waals surface area (Å²) in [4.78, 5) is 25.0. The van der Waals surface area contributed by atoms with E-state index in [1.54, 1.807) is 13.0 Å². The van der Waals surface area contributed by atoms with Gasteiger partial charge in [-0.25, -0.2) is 25.9 Å². The van der Waals surface area contributed by atoms with Crippen LogP contribution in [-0.4, -0.2) is 71.1 Å². The lowest BCUT2D eigenvalue weighted by atomic mass is 9.94. The number of esters is 1. The maximum absolute atomic E-state index is 13.2. The molecule has 1 aliphatic rings. The van der Waals surface area contributed by atoms with Crippen LogP contribution in [0.25, 0.3) is 0 Å². The van der Waals surface area contributed by atoms with Gasteiger partial charge in [-0.15, -0.1) is 0 Å². The van der Waals surface area contributed by atoms with E-state index >= 15 is 0 Å². The Morgan fingerprint density at radius 3 is 2.27 bits per heavy atom.